The highest BCUT2D eigenvalue weighted by Gasteiger charge is 2.13. The smallest absolute Gasteiger partial charge is 0.270 e. The van der Waals surface area contributed by atoms with E-state index < -0.39 is 0 Å². The predicted molar refractivity (Wildman–Crippen MR) is 113 cm³/mol. The third kappa shape index (κ3) is 5.24. The molecule has 0 saturated carbocycles. The highest BCUT2D eigenvalue weighted by atomic mass is 32.2. The standard InChI is InChI=1S/C19H20N2O3S3/c1-23-16-4-3-14(9-17(16)24-2)19-21-15(12-27-19)18(22)20-6-8-26-11-13-5-7-25-10-13/h3-5,7,9-10,12H,6,8,11H2,1-2H3,(H,20,22). The van der Waals surface area contributed by atoms with Crippen LogP contribution < -0.4 is 14.8 Å². The Morgan fingerprint density at radius 3 is 2.78 bits per heavy atom. The molecule has 0 aliphatic heterocycles. The molecule has 0 radical (unpaired) electrons. The molecule has 2 aromatic heterocycles. The van der Waals surface area contributed by atoms with Crippen molar-refractivity contribution in [3.8, 4) is 22.1 Å². The molecule has 3 rings (SSSR count). The van der Waals surface area contributed by atoms with Crippen molar-refractivity contribution in [3.05, 3.63) is 51.7 Å². The molecule has 0 bridgehead atoms. The fourth-order valence-corrected chi connectivity index (χ4v) is 4.75. The van der Waals surface area contributed by atoms with Gasteiger partial charge in [0.2, 0.25) is 0 Å². The van der Waals surface area contributed by atoms with Crippen molar-refractivity contribution in [2.75, 3.05) is 26.5 Å². The van der Waals surface area contributed by atoms with Crippen LogP contribution >= 0.6 is 34.4 Å². The third-order valence-electron chi connectivity index (χ3n) is 3.75. The summed E-state index contributed by atoms with van der Waals surface area (Å²) in [5, 5.41) is 9.70. The van der Waals surface area contributed by atoms with Crippen LogP contribution in [0.2, 0.25) is 0 Å². The largest absolute Gasteiger partial charge is 0.493 e. The molecule has 1 aromatic carbocycles. The number of nitrogens with zero attached hydrogens (tertiary/aromatic N) is 1. The molecule has 0 atom stereocenters. The van der Waals surface area contributed by atoms with Crippen molar-refractivity contribution in [2.45, 2.75) is 5.75 Å². The van der Waals surface area contributed by atoms with Gasteiger partial charge < -0.3 is 14.8 Å². The summed E-state index contributed by atoms with van der Waals surface area (Å²) in [5.41, 5.74) is 2.66. The van der Waals surface area contributed by atoms with Gasteiger partial charge in [-0.2, -0.15) is 23.1 Å². The summed E-state index contributed by atoms with van der Waals surface area (Å²) in [6.45, 7) is 0.622. The second-order valence-corrected chi connectivity index (χ2v) is 8.29. The van der Waals surface area contributed by atoms with E-state index in [1.807, 2.05) is 18.2 Å². The Hall–Kier alpha value is -2.03. The maximum atomic E-state index is 12.3. The van der Waals surface area contributed by atoms with Crippen molar-refractivity contribution < 1.29 is 14.3 Å². The number of thioether (sulfide) groups is 1. The van der Waals surface area contributed by atoms with Gasteiger partial charge in [-0.3, -0.25) is 4.79 Å². The molecule has 0 aliphatic carbocycles. The van der Waals surface area contributed by atoms with Crippen LogP contribution in [-0.4, -0.2) is 37.4 Å². The van der Waals surface area contributed by atoms with Crippen LogP contribution in [0.1, 0.15) is 16.1 Å². The predicted octanol–water partition coefficient (Wildman–Crippen LogP) is 4.55. The topological polar surface area (TPSA) is 60.5 Å². The van der Waals surface area contributed by atoms with E-state index >= 15 is 0 Å². The molecule has 0 fully saturated rings. The van der Waals surface area contributed by atoms with E-state index in [0.717, 1.165) is 22.1 Å². The lowest BCUT2D eigenvalue weighted by atomic mass is 10.2. The van der Waals surface area contributed by atoms with Gasteiger partial charge >= 0.3 is 0 Å². The zero-order chi connectivity index (χ0) is 19.1. The number of nitrogens with one attached hydrogen (secondary N) is 1. The number of amides is 1. The second-order valence-electron chi connectivity index (χ2n) is 5.55. The van der Waals surface area contributed by atoms with Gasteiger partial charge in [-0.25, -0.2) is 4.98 Å². The molecule has 1 N–H and O–H groups in total. The molecule has 27 heavy (non-hydrogen) atoms. The van der Waals surface area contributed by atoms with E-state index in [4.69, 9.17) is 9.47 Å². The molecule has 8 heteroatoms. The Morgan fingerprint density at radius 2 is 2.04 bits per heavy atom. The monoisotopic (exact) mass is 420 g/mol. The van der Waals surface area contributed by atoms with Gasteiger partial charge in [-0.15, -0.1) is 11.3 Å². The number of carbonyl (C=O) groups excluding carboxylic acids is 1. The molecule has 2 heterocycles. The summed E-state index contributed by atoms with van der Waals surface area (Å²) in [7, 11) is 3.20. The Morgan fingerprint density at radius 1 is 1.19 bits per heavy atom. The van der Waals surface area contributed by atoms with Gasteiger partial charge in [0, 0.05) is 29.0 Å². The van der Waals surface area contributed by atoms with Crippen LogP contribution in [0.15, 0.2) is 40.4 Å². The normalized spacial score (nSPS) is 10.6. The Balaban J connectivity index is 1.53. The molecular weight excluding hydrogens is 400 g/mol. The Bertz CT molecular complexity index is 878. The van der Waals surface area contributed by atoms with Gasteiger partial charge in [0.1, 0.15) is 10.7 Å². The van der Waals surface area contributed by atoms with Crippen molar-refractivity contribution in [1.29, 1.82) is 0 Å². The number of carbonyl (C=O) groups is 1. The maximum Gasteiger partial charge on any atom is 0.270 e. The molecule has 5 nitrogen and oxygen atoms in total. The van der Waals surface area contributed by atoms with E-state index in [0.29, 0.717) is 23.7 Å². The Labute approximate surface area is 170 Å². The molecule has 0 saturated heterocycles. The number of aromatic nitrogens is 1. The van der Waals surface area contributed by atoms with E-state index in [-0.39, 0.29) is 5.91 Å². The summed E-state index contributed by atoms with van der Waals surface area (Å²) in [4.78, 5) is 16.7. The highest BCUT2D eigenvalue weighted by molar-refractivity contribution is 7.98. The number of thiophene rings is 1. The fourth-order valence-electron chi connectivity index (χ4n) is 2.37. The minimum atomic E-state index is -0.144. The first-order valence-electron chi connectivity index (χ1n) is 8.26. The average molecular weight is 421 g/mol. The van der Waals surface area contributed by atoms with Crippen LogP contribution in [0.3, 0.4) is 0 Å². The van der Waals surface area contributed by atoms with Crippen LogP contribution in [0.4, 0.5) is 0 Å². The molecule has 3 aromatic rings. The van der Waals surface area contributed by atoms with Crippen molar-refractivity contribution >= 4 is 40.3 Å². The van der Waals surface area contributed by atoms with E-state index in [2.05, 4.69) is 27.1 Å². The quantitative estimate of drug-likeness (QED) is 0.515. The summed E-state index contributed by atoms with van der Waals surface area (Å²) in [5.74, 6) is 3.00. The summed E-state index contributed by atoms with van der Waals surface area (Å²) in [6, 6.07) is 7.73. The van der Waals surface area contributed by atoms with E-state index in [1.165, 1.54) is 16.9 Å². The first-order chi connectivity index (χ1) is 13.2. The van der Waals surface area contributed by atoms with E-state index in [1.54, 1.807) is 42.7 Å². The molecular formula is C19H20N2O3S3. The van der Waals surface area contributed by atoms with Crippen molar-refractivity contribution in [1.82, 2.24) is 10.3 Å². The molecule has 142 valence electrons. The second kappa shape index (κ2) is 9.77. The molecule has 0 unspecified atom stereocenters. The van der Waals surface area contributed by atoms with Crippen LogP contribution in [0.5, 0.6) is 11.5 Å². The lowest BCUT2D eigenvalue weighted by molar-refractivity contribution is 0.0952. The van der Waals surface area contributed by atoms with Crippen LogP contribution in [0, 0.1) is 0 Å². The first kappa shape index (κ1) is 19.7. The number of benzene rings is 1. The van der Waals surface area contributed by atoms with Gasteiger partial charge in [0.15, 0.2) is 11.5 Å². The SMILES string of the molecule is COc1ccc(-c2nc(C(=O)NCCSCc3ccsc3)cs2)cc1OC. The summed E-state index contributed by atoms with van der Waals surface area (Å²) < 4.78 is 10.6. The first-order valence-corrected chi connectivity index (χ1v) is 11.2. The zero-order valence-electron chi connectivity index (χ0n) is 15.1. The third-order valence-corrected chi connectivity index (χ3v) is 6.40. The number of hydrogen-bond donors (Lipinski definition) is 1. The maximum absolute atomic E-state index is 12.3. The highest BCUT2D eigenvalue weighted by Crippen LogP contribution is 2.33. The number of hydrogen-bond acceptors (Lipinski definition) is 7. The minimum absolute atomic E-state index is 0.144. The van der Waals surface area contributed by atoms with Crippen molar-refractivity contribution in [3.63, 3.8) is 0 Å². The number of ether oxygens (including phenoxy) is 2. The minimum Gasteiger partial charge on any atom is -0.493 e. The molecule has 0 spiro atoms. The number of rotatable bonds is 9. The van der Waals surface area contributed by atoms with Gasteiger partial charge in [0.25, 0.3) is 5.91 Å². The molecule has 1 amide bonds. The zero-order valence-corrected chi connectivity index (χ0v) is 17.5. The number of thiazole rings is 1. The van der Waals surface area contributed by atoms with Gasteiger partial charge in [-0.05, 0) is 40.6 Å². The van der Waals surface area contributed by atoms with Crippen molar-refractivity contribution in [2.24, 2.45) is 0 Å². The van der Waals surface area contributed by atoms with Gasteiger partial charge in [0.05, 0.1) is 14.2 Å². The Kier molecular flexibility index (Phi) is 7.14. The van der Waals surface area contributed by atoms with Crippen LogP contribution in [-0.2, 0) is 5.75 Å². The summed E-state index contributed by atoms with van der Waals surface area (Å²) >= 11 is 4.94. The van der Waals surface area contributed by atoms with E-state index in [9.17, 15) is 4.79 Å². The van der Waals surface area contributed by atoms with Gasteiger partial charge in [-0.1, -0.05) is 0 Å². The van der Waals surface area contributed by atoms with Crippen LogP contribution in [0.25, 0.3) is 10.6 Å². The molecule has 0 aliphatic rings. The lowest BCUT2D eigenvalue weighted by Gasteiger charge is -2.08. The number of methoxy groups -OCH3 is 2. The summed E-state index contributed by atoms with van der Waals surface area (Å²) in [6.07, 6.45) is 0. The average Bonchev–Trinajstić information content (AvgIpc) is 3.39. The lowest BCUT2D eigenvalue weighted by Crippen LogP contribution is -2.26. The fraction of sp³-hybridized carbons (Fsp3) is 0.263.